The first-order valence-corrected chi connectivity index (χ1v) is 8.97. The van der Waals surface area contributed by atoms with E-state index in [0.29, 0.717) is 19.5 Å². The number of nitrogens with zero attached hydrogens (tertiary/aromatic N) is 1. The van der Waals surface area contributed by atoms with Crippen LogP contribution >= 0.6 is 0 Å². The van der Waals surface area contributed by atoms with E-state index in [-0.39, 0.29) is 10.6 Å². The highest BCUT2D eigenvalue weighted by Gasteiger charge is 2.19. The highest BCUT2D eigenvalue weighted by molar-refractivity contribution is 7.89. The van der Waals surface area contributed by atoms with Crippen molar-refractivity contribution >= 4 is 27.5 Å². The summed E-state index contributed by atoms with van der Waals surface area (Å²) >= 11 is 0. The van der Waals surface area contributed by atoms with E-state index < -0.39 is 32.3 Å². The predicted molar refractivity (Wildman–Crippen MR) is 91.8 cm³/mol. The van der Waals surface area contributed by atoms with Gasteiger partial charge in [0, 0.05) is 19.2 Å². The minimum absolute atomic E-state index is 0.162. The first-order valence-electron chi connectivity index (χ1n) is 7.42. The fourth-order valence-corrected chi connectivity index (χ4v) is 2.34. The third-order valence-electron chi connectivity index (χ3n) is 2.83. The third-order valence-corrected chi connectivity index (χ3v) is 3.74. The van der Waals surface area contributed by atoms with Gasteiger partial charge in [-0.2, -0.15) is 0 Å². The Morgan fingerprint density at radius 2 is 1.96 bits per heavy atom. The lowest BCUT2D eigenvalue weighted by atomic mass is 10.2. The van der Waals surface area contributed by atoms with Crippen molar-refractivity contribution in [2.24, 2.45) is 5.14 Å². The van der Waals surface area contributed by atoms with E-state index in [9.17, 15) is 23.3 Å². The number of benzene rings is 1. The molecule has 0 saturated carbocycles. The number of carbonyl (C=O) groups is 1. The van der Waals surface area contributed by atoms with Crippen LogP contribution in [0, 0.1) is 10.1 Å². The van der Waals surface area contributed by atoms with Gasteiger partial charge in [0.15, 0.2) is 0 Å². The van der Waals surface area contributed by atoms with Crippen molar-refractivity contribution in [1.29, 1.82) is 0 Å². The molecule has 1 aromatic rings. The largest absolute Gasteiger partial charge is 0.444 e. The second kappa shape index (κ2) is 8.12. The van der Waals surface area contributed by atoms with Crippen LogP contribution in [0.15, 0.2) is 23.1 Å². The van der Waals surface area contributed by atoms with Gasteiger partial charge in [-0.25, -0.2) is 18.4 Å². The first kappa shape index (κ1) is 20.6. The van der Waals surface area contributed by atoms with Crippen LogP contribution in [0.1, 0.15) is 27.2 Å². The molecular weight excluding hydrogens is 352 g/mol. The molecule has 0 aliphatic rings. The molecule has 10 nitrogen and oxygen atoms in total. The van der Waals surface area contributed by atoms with E-state index in [1.54, 1.807) is 20.8 Å². The number of nitrogens with two attached hydrogens (primary N) is 1. The van der Waals surface area contributed by atoms with Gasteiger partial charge in [0.2, 0.25) is 10.0 Å². The molecular formula is C14H22N4O6S. The zero-order chi connectivity index (χ0) is 19.3. The van der Waals surface area contributed by atoms with Crippen molar-refractivity contribution in [1.82, 2.24) is 5.32 Å². The van der Waals surface area contributed by atoms with Crippen LogP contribution in [0.5, 0.6) is 0 Å². The van der Waals surface area contributed by atoms with Crippen molar-refractivity contribution < 1.29 is 22.9 Å². The number of primary sulfonamides is 1. The molecule has 0 atom stereocenters. The number of alkyl carbamates (subject to hydrolysis) is 1. The van der Waals surface area contributed by atoms with Crippen molar-refractivity contribution in [2.75, 3.05) is 18.4 Å². The molecule has 0 heterocycles. The normalized spacial score (nSPS) is 11.7. The number of carbonyl (C=O) groups excluding carboxylic acids is 1. The molecule has 0 saturated heterocycles. The number of hydrogen-bond donors (Lipinski definition) is 3. The first-order chi connectivity index (χ1) is 11.4. The van der Waals surface area contributed by atoms with Gasteiger partial charge in [-0.3, -0.25) is 10.1 Å². The molecule has 0 fully saturated rings. The van der Waals surface area contributed by atoms with Crippen LogP contribution in [0.4, 0.5) is 16.2 Å². The topological polar surface area (TPSA) is 154 Å². The van der Waals surface area contributed by atoms with Crippen molar-refractivity contribution in [3.8, 4) is 0 Å². The van der Waals surface area contributed by atoms with Crippen LogP contribution in [0.25, 0.3) is 0 Å². The number of nitro groups is 1. The fourth-order valence-electron chi connectivity index (χ4n) is 1.81. The lowest BCUT2D eigenvalue weighted by Gasteiger charge is -2.19. The second-order valence-electron chi connectivity index (χ2n) is 6.19. The van der Waals surface area contributed by atoms with E-state index in [0.717, 1.165) is 6.07 Å². The smallest absolute Gasteiger partial charge is 0.407 e. The van der Waals surface area contributed by atoms with Gasteiger partial charge < -0.3 is 15.4 Å². The maximum absolute atomic E-state index is 11.5. The molecule has 0 spiro atoms. The molecule has 1 amide bonds. The Morgan fingerprint density at radius 1 is 1.32 bits per heavy atom. The van der Waals surface area contributed by atoms with Crippen LogP contribution in [0.3, 0.4) is 0 Å². The second-order valence-corrected chi connectivity index (χ2v) is 7.75. The van der Waals surface area contributed by atoms with Crippen molar-refractivity contribution in [2.45, 2.75) is 37.7 Å². The molecule has 0 aliphatic heterocycles. The highest BCUT2D eigenvalue weighted by Crippen LogP contribution is 2.27. The average Bonchev–Trinajstić information content (AvgIpc) is 2.43. The number of amides is 1. The van der Waals surface area contributed by atoms with Gasteiger partial charge in [-0.05, 0) is 39.3 Å². The molecule has 0 unspecified atom stereocenters. The van der Waals surface area contributed by atoms with Crippen molar-refractivity contribution in [3.05, 3.63) is 28.3 Å². The van der Waals surface area contributed by atoms with E-state index >= 15 is 0 Å². The zero-order valence-corrected chi connectivity index (χ0v) is 15.1. The Hall–Kier alpha value is -2.40. The molecule has 0 aliphatic carbocycles. The summed E-state index contributed by atoms with van der Waals surface area (Å²) < 4.78 is 27.6. The molecule has 25 heavy (non-hydrogen) atoms. The molecule has 140 valence electrons. The van der Waals surface area contributed by atoms with Gasteiger partial charge in [-0.1, -0.05) is 0 Å². The Balaban J connectivity index is 2.58. The summed E-state index contributed by atoms with van der Waals surface area (Å²) in [4.78, 5) is 21.5. The summed E-state index contributed by atoms with van der Waals surface area (Å²) in [6.07, 6.45) is -0.0659. The molecule has 4 N–H and O–H groups in total. The Morgan fingerprint density at radius 3 is 2.48 bits per heavy atom. The van der Waals surface area contributed by atoms with E-state index in [2.05, 4.69) is 10.6 Å². The summed E-state index contributed by atoms with van der Waals surface area (Å²) in [5, 5.41) is 21.4. The number of rotatable bonds is 7. The average molecular weight is 374 g/mol. The molecule has 1 rings (SSSR count). The monoisotopic (exact) mass is 374 g/mol. The SMILES string of the molecule is CC(C)(C)OC(=O)NCCCNc1ccc(S(N)(=O)=O)cc1[N+](=O)[O-]. The number of nitro benzene ring substituents is 1. The van der Waals surface area contributed by atoms with Crippen molar-refractivity contribution in [3.63, 3.8) is 0 Å². The molecule has 1 aromatic carbocycles. The summed E-state index contributed by atoms with van der Waals surface area (Å²) in [5.74, 6) is 0. The van der Waals surface area contributed by atoms with Crippen LogP contribution < -0.4 is 15.8 Å². The van der Waals surface area contributed by atoms with E-state index in [1.807, 2.05) is 0 Å². The summed E-state index contributed by atoms with van der Waals surface area (Å²) in [7, 11) is -4.02. The number of sulfonamides is 1. The summed E-state index contributed by atoms with van der Waals surface area (Å²) in [6.45, 7) is 5.88. The Kier molecular flexibility index (Phi) is 6.70. The lowest BCUT2D eigenvalue weighted by molar-refractivity contribution is -0.384. The Bertz CT molecular complexity index is 742. The van der Waals surface area contributed by atoms with Gasteiger partial charge in [0.05, 0.1) is 9.82 Å². The number of ether oxygens (including phenoxy) is 1. The standard InChI is InChI=1S/C14H22N4O6S/c1-14(2,3)24-13(19)17-8-4-7-16-11-6-5-10(25(15,22)23)9-12(11)18(20)21/h5-6,9,16H,4,7-8H2,1-3H3,(H,17,19)(H2,15,22,23). The minimum Gasteiger partial charge on any atom is -0.444 e. The van der Waals surface area contributed by atoms with Crippen LogP contribution in [-0.4, -0.2) is 38.1 Å². The van der Waals surface area contributed by atoms with Gasteiger partial charge in [0.1, 0.15) is 11.3 Å². The Labute approximate surface area is 145 Å². The molecule has 11 heteroatoms. The maximum Gasteiger partial charge on any atom is 0.407 e. The molecule has 0 aromatic heterocycles. The van der Waals surface area contributed by atoms with Gasteiger partial charge >= 0.3 is 6.09 Å². The lowest BCUT2D eigenvalue weighted by Crippen LogP contribution is -2.33. The number of anilines is 1. The predicted octanol–water partition coefficient (Wildman–Crippen LogP) is 1.57. The minimum atomic E-state index is -4.02. The molecule has 0 bridgehead atoms. The third kappa shape index (κ3) is 7.35. The summed E-state index contributed by atoms with van der Waals surface area (Å²) in [6, 6.07) is 3.36. The van der Waals surface area contributed by atoms with Crippen LogP contribution in [0.2, 0.25) is 0 Å². The fraction of sp³-hybridized carbons (Fsp3) is 0.500. The quantitative estimate of drug-likeness (QED) is 0.372. The van der Waals surface area contributed by atoms with Gasteiger partial charge in [-0.15, -0.1) is 0 Å². The summed E-state index contributed by atoms with van der Waals surface area (Å²) in [5.41, 5.74) is -0.824. The van der Waals surface area contributed by atoms with Crippen LogP contribution in [-0.2, 0) is 14.8 Å². The van der Waals surface area contributed by atoms with E-state index in [4.69, 9.17) is 9.88 Å². The number of nitrogens with one attached hydrogen (secondary N) is 2. The van der Waals surface area contributed by atoms with E-state index in [1.165, 1.54) is 12.1 Å². The molecule has 0 radical (unpaired) electrons. The zero-order valence-electron chi connectivity index (χ0n) is 14.2. The van der Waals surface area contributed by atoms with Gasteiger partial charge in [0.25, 0.3) is 5.69 Å². The number of hydrogen-bond acceptors (Lipinski definition) is 7. The maximum atomic E-state index is 11.5. The highest BCUT2D eigenvalue weighted by atomic mass is 32.2.